The van der Waals surface area contributed by atoms with E-state index in [4.69, 9.17) is 10.8 Å². The Kier molecular flexibility index (Phi) is 4.66. The zero-order valence-corrected chi connectivity index (χ0v) is 7.76. The molecule has 0 rings (SSSR count). The van der Waals surface area contributed by atoms with Crippen molar-refractivity contribution < 1.29 is 9.90 Å². The van der Waals surface area contributed by atoms with Gasteiger partial charge < -0.3 is 16.2 Å². The molecule has 0 saturated heterocycles. The van der Waals surface area contributed by atoms with E-state index >= 15 is 0 Å². The highest BCUT2D eigenvalue weighted by Gasteiger charge is 2.23. The molecule has 0 aromatic heterocycles. The Balaban J connectivity index is 3.95. The fourth-order valence-electron chi connectivity index (χ4n) is 1.04. The third-order valence-electron chi connectivity index (χ3n) is 1.94. The second-order valence-corrected chi connectivity index (χ2v) is 3.30. The molecule has 0 bridgehead atoms. The number of carboxylic acid groups (broad SMARTS) is 1. The lowest BCUT2D eigenvalue weighted by Crippen LogP contribution is -2.50. The van der Waals surface area contributed by atoms with Crippen molar-refractivity contribution in [1.82, 2.24) is 5.32 Å². The van der Waals surface area contributed by atoms with Crippen molar-refractivity contribution in [3.05, 3.63) is 0 Å². The molecular weight excluding hydrogens is 156 g/mol. The second kappa shape index (κ2) is 4.98. The van der Waals surface area contributed by atoms with Crippen molar-refractivity contribution in [1.29, 1.82) is 0 Å². The van der Waals surface area contributed by atoms with Crippen molar-refractivity contribution in [3.63, 3.8) is 0 Å². The van der Waals surface area contributed by atoms with Crippen LogP contribution in [-0.2, 0) is 0 Å². The van der Waals surface area contributed by atoms with Crippen LogP contribution in [0.5, 0.6) is 0 Å². The summed E-state index contributed by atoms with van der Waals surface area (Å²) in [5.41, 5.74) is 5.01. The summed E-state index contributed by atoms with van der Waals surface area (Å²) < 4.78 is 0. The Bertz CT molecular complexity index is 150. The van der Waals surface area contributed by atoms with Gasteiger partial charge in [0.2, 0.25) is 0 Å². The number of carbonyl (C=O) groups is 1. The summed E-state index contributed by atoms with van der Waals surface area (Å²) in [4.78, 5) is 10.4. The molecule has 4 heteroatoms. The Morgan fingerprint density at radius 2 is 2.25 bits per heavy atom. The summed E-state index contributed by atoms with van der Waals surface area (Å²) in [6.07, 6.45) is 1.84. The maximum absolute atomic E-state index is 10.4. The lowest BCUT2D eigenvalue weighted by atomic mass is 9.95. The molecule has 0 aliphatic carbocycles. The fraction of sp³-hybridized carbons (Fsp3) is 0.875. The predicted molar refractivity (Wildman–Crippen MR) is 48.1 cm³/mol. The van der Waals surface area contributed by atoms with Crippen LogP contribution in [0.1, 0.15) is 33.1 Å². The summed E-state index contributed by atoms with van der Waals surface area (Å²) in [5, 5.41) is 10.9. The summed E-state index contributed by atoms with van der Waals surface area (Å²) in [7, 11) is 0. The van der Waals surface area contributed by atoms with Crippen molar-refractivity contribution in [2.24, 2.45) is 5.73 Å². The van der Waals surface area contributed by atoms with E-state index in [-0.39, 0.29) is 0 Å². The van der Waals surface area contributed by atoms with Gasteiger partial charge in [-0.1, -0.05) is 19.8 Å². The molecule has 0 aliphatic heterocycles. The molecule has 0 aromatic rings. The van der Waals surface area contributed by atoms with Crippen molar-refractivity contribution in [3.8, 4) is 0 Å². The van der Waals surface area contributed by atoms with E-state index in [2.05, 4.69) is 12.2 Å². The second-order valence-electron chi connectivity index (χ2n) is 3.30. The van der Waals surface area contributed by atoms with Crippen LogP contribution >= 0.6 is 0 Å². The molecule has 12 heavy (non-hydrogen) atoms. The quantitative estimate of drug-likeness (QED) is 0.585. The van der Waals surface area contributed by atoms with E-state index in [9.17, 15) is 4.79 Å². The highest BCUT2D eigenvalue weighted by atomic mass is 16.4. The average molecular weight is 174 g/mol. The minimum Gasteiger partial charge on any atom is -0.465 e. The maximum atomic E-state index is 10.4. The Morgan fingerprint density at radius 3 is 2.58 bits per heavy atom. The van der Waals surface area contributed by atoms with Crippen LogP contribution < -0.4 is 11.1 Å². The molecule has 0 aromatic carbocycles. The number of amides is 1. The molecule has 4 nitrogen and oxygen atoms in total. The number of unbranched alkanes of at least 4 members (excludes halogenated alkanes) is 1. The van der Waals surface area contributed by atoms with Gasteiger partial charge in [0.05, 0.1) is 5.54 Å². The zero-order chi connectivity index (χ0) is 9.61. The van der Waals surface area contributed by atoms with Crippen LogP contribution in [0.15, 0.2) is 0 Å². The highest BCUT2D eigenvalue weighted by Crippen LogP contribution is 2.11. The van der Waals surface area contributed by atoms with E-state index in [0.29, 0.717) is 6.54 Å². The standard InChI is InChI=1S/C8H18N2O2/c1-3-4-5-8(2,6-9)10-7(11)12/h10H,3-6,9H2,1-2H3,(H,11,12). The molecule has 1 amide bonds. The summed E-state index contributed by atoms with van der Waals surface area (Å²) in [6, 6.07) is 0. The monoisotopic (exact) mass is 174 g/mol. The lowest BCUT2D eigenvalue weighted by Gasteiger charge is -2.27. The highest BCUT2D eigenvalue weighted by molar-refractivity contribution is 5.65. The summed E-state index contributed by atoms with van der Waals surface area (Å²) >= 11 is 0. The average Bonchev–Trinajstić information content (AvgIpc) is 2.00. The molecule has 4 N–H and O–H groups in total. The van der Waals surface area contributed by atoms with Crippen molar-refractivity contribution in [2.75, 3.05) is 6.54 Å². The molecule has 1 atom stereocenters. The van der Waals surface area contributed by atoms with E-state index in [1.54, 1.807) is 0 Å². The third kappa shape index (κ3) is 4.18. The van der Waals surface area contributed by atoms with Crippen LogP contribution in [-0.4, -0.2) is 23.3 Å². The van der Waals surface area contributed by atoms with Crippen LogP contribution in [0, 0.1) is 0 Å². The zero-order valence-electron chi connectivity index (χ0n) is 7.76. The largest absolute Gasteiger partial charge is 0.465 e. The van der Waals surface area contributed by atoms with Crippen molar-refractivity contribution in [2.45, 2.75) is 38.6 Å². The van der Waals surface area contributed by atoms with Crippen molar-refractivity contribution >= 4 is 6.09 Å². The molecular formula is C8H18N2O2. The minimum atomic E-state index is -1.00. The van der Waals surface area contributed by atoms with Gasteiger partial charge in [0.25, 0.3) is 0 Å². The van der Waals surface area contributed by atoms with Gasteiger partial charge >= 0.3 is 6.09 Å². The van der Waals surface area contributed by atoms with E-state index in [0.717, 1.165) is 19.3 Å². The number of hydrogen-bond donors (Lipinski definition) is 3. The van der Waals surface area contributed by atoms with E-state index in [1.807, 2.05) is 6.92 Å². The Hall–Kier alpha value is -0.770. The van der Waals surface area contributed by atoms with Gasteiger partial charge in [-0.2, -0.15) is 0 Å². The van der Waals surface area contributed by atoms with Gasteiger partial charge in [0, 0.05) is 6.54 Å². The first-order chi connectivity index (χ1) is 5.54. The molecule has 0 saturated carbocycles. The SMILES string of the molecule is CCCCC(C)(CN)NC(=O)O. The normalized spacial score (nSPS) is 15.2. The first-order valence-electron chi connectivity index (χ1n) is 4.25. The molecule has 0 aliphatic rings. The molecule has 0 radical (unpaired) electrons. The van der Waals surface area contributed by atoms with Gasteiger partial charge in [-0.15, -0.1) is 0 Å². The number of hydrogen-bond acceptors (Lipinski definition) is 2. The summed E-state index contributed by atoms with van der Waals surface area (Å²) in [6.45, 7) is 4.24. The van der Waals surface area contributed by atoms with E-state index < -0.39 is 11.6 Å². The first kappa shape index (κ1) is 11.2. The smallest absolute Gasteiger partial charge is 0.405 e. The minimum absolute atomic E-state index is 0.347. The van der Waals surface area contributed by atoms with Crippen LogP contribution in [0.2, 0.25) is 0 Å². The number of nitrogens with one attached hydrogen (secondary N) is 1. The van der Waals surface area contributed by atoms with E-state index in [1.165, 1.54) is 0 Å². The number of rotatable bonds is 5. The predicted octanol–water partition coefficient (Wildman–Crippen LogP) is 1.16. The van der Waals surface area contributed by atoms with Gasteiger partial charge in [-0.05, 0) is 13.3 Å². The molecule has 0 spiro atoms. The van der Waals surface area contributed by atoms with Gasteiger partial charge in [0.15, 0.2) is 0 Å². The Morgan fingerprint density at radius 1 is 1.67 bits per heavy atom. The molecule has 0 fully saturated rings. The molecule has 72 valence electrons. The van der Waals surface area contributed by atoms with Gasteiger partial charge in [-0.25, -0.2) is 4.79 Å². The number of nitrogens with two attached hydrogens (primary N) is 1. The van der Waals surface area contributed by atoms with Crippen LogP contribution in [0.4, 0.5) is 4.79 Å². The fourth-order valence-corrected chi connectivity index (χ4v) is 1.04. The van der Waals surface area contributed by atoms with Gasteiger partial charge in [0.1, 0.15) is 0 Å². The lowest BCUT2D eigenvalue weighted by molar-refractivity contribution is 0.178. The van der Waals surface area contributed by atoms with Gasteiger partial charge in [-0.3, -0.25) is 0 Å². The topological polar surface area (TPSA) is 75.3 Å². The third-order valence-corrected chi connectivity index (χ3v) is 1.94. The summed E-state index contributed by atoms with van der Waals surface area (Å²) in [5.74, 6) is 0. The first-order valence-corrected chi connectivity index (χ1v) is 4.25. The van der Waals surface area contributed by atoms with Crippen LogP contribution in [0.3, 0.4) is 0 Å². The Labute approximate surface area is 73.1 Å². The molecule has 1 unspecified atom stereocenters. The van der Waals surface area contributed by atoms with Crippen LogP contribution in [0.25, 0.3) is 0 Å². The molecule has 0 heterocycles. The maximum Gasteiger partial charge on any atom is 0.405 e.